The molecule has 4 aromatic rings. The van der Waals surface area contributed by atoms with Gasteiger partial charge in [0.25, 0.3) is 0 Å². The molecule has 2 aliphatic rings. The summed E-state index contributed by atoms with van der Waals surface area (Å²) in [4.78, 5) is 79.4. The third-order valence-corrected chi connectivity index (χ3v) is 9.74. The van der Waals surface area contributed by atoms with E-state index < -0.39 is 35.4 Å². The van der Waals surface area contributed by atoms with Gasteiger partial charge >= 0.3 is 6.09 Å². The lowest BCUT2D eigenvalue weighted by molar-refractivity contribution is -0.138. The Balaban J connectivity index is 1.27. The molecule has 4 heterocycles. The van der Waals surface area contributed by atoms with Crippen LogP contribution in [0.25, 0.3) is 22.0 Å². The molecule has 50 heavy (non-hydrogen) atoms. The number of anilines is 1. The number of halogens is 1. The summed E-state index contributed by atoms with van der Waals surface area (Å²) in [6.07, 6.45) is 2.89. The van der Waals surface area contributed by atoms with E-state index in [2.05, 4.69) is 51.9 Å². The van der Waals surface area contributed by atoms with Crippen LogP contribution in [0, 0.1) is 18.3 Å². The number of likely N-dealkylation sites (tertiary alicyclic amines) is 1. The van der Waals surface area contributed by atoms with E-state index in [9.17, 15) is 29.1 Å². The Morgan fingerprint density at radius 1 is 1.06 bits per heavy atom. The van der Waals surface area contributed by atoms with Gasteiger partial charge in [-0.1, -0.05) is 26.0 Å². The second-order valence-electron chi connectivity index (χ2n) is 13.1. The molecule has 15 nitrogen and oxygen atoms in total. The number of amides is 4. The van der Waals surface area contributed by atoms with Gasteiger partial charge in [-0.2, -0.15) is 5.10 Å². The number of hydrogen-bond acceptors (Lipinski definition) is 9. The van der Waals surface area contributed by atoms with E-state index in [4.69, 9.17) is 0 Å². The second-order valence-corrected chi connectivity index (χ2v) is 14.0. The third kappa shape index (κ3) is 6.92. The maximum atomic E-state index is 14.2. The number of nitrogens with one attached hydrogen (secondary N) is 3. The standard InChI is InChI=1S/C34H36BrN9O6/c1-17(2)29(41-33(49)50)32(48)38-16-34-11-24(31(47)40-27-7-5-6-26(35)39-27)44(25(34)12-34)28(46)15-43-23-9-8-20(21-13-36-19(4)37-14-21)10-22(23)30(42-43)18(3)45/h5-10,13-14,17,24-25,29,41H,11-12,15-16H2,1-4H3,(H,38,48)(H,49,50)(H,39,40,47)/t24-,25?,29?,34?/m0/s1. The van der Waals surface area contributed by atoms with E-state index in [0.717, 1.165) is 11.1 Å². The highest BCUT2D eigenvalue weighted by Gasteiger charge is 2.67. The van der Waals surface area contributed by atoms with Crippen molar-refractivity contribution in [3.63, 3.8) is 0 Å². The van der Waals surface area contributed by atoms with Gasteiger partial charge in [-0.05, 0) is 71.4 Å². The number of hydrogen-bond donors (Lipinski definition) is 4. The van der Waals surface area contributed by atoms with Crippen molar-refractivity contribution < 1.29 is 29.1 Å². The molecule has 1 aromatic carbocycles. The molecule has 1 saturated heterocycles. The maximum Gasteiger partial charge on any atom is 0.405 e. The Hall–Kier alpha value is -5.25. The molecular weight excluding hydrogens is 710 g/mol. The lowest BCUT2D eigenvalue weighted by Gasteiger charge is -2.27. The van der Waals surface area contributed by atoms with E-state index in [1.165, 1.54) is 11.6 Å². The average molecular weight is 747 g/mol. The van der Waals surface area contributed by atoms with E-state index in [0.29, 0.717) is 33.6 Å². The number of carbonyl (C=O) groups is 5. The second kappa shape index (κ2) is 13.6. The fourth-order valence-corrected chi connectivity index (χ4v) is 7.03. The molecule has 3 aromatic heterocycles. The van der Waals surface area contributed by atoms with E-state index >= 15 is 0 Å². The number of carboxylic acid groups (broad SMARTS) is 1. The first-order valence-electron chi connectivity index (χ1n) is 16.1. The van der Waals surface area contributed by atoms with Crippen LogP contribution in [0.2, 0.25) is 0 Å². The summed E-state index contributed by atoms with van der Waals surface area (Å²) in [6.45, 7) is 6.58. The first kappa shape index (κ1) is 34.6. The normalized spacial score (nSPS) is 19.9. The summed E-state index contributed by atoms with van der Waals surface area (Å²) < 4.78 is 2.00. The fourth-order valence-electron chi connectivity index (χ4n) is 6.69. The summed E-state index contributed by atoms with van der Waals surface area (Å²) >= 11 is 3.31. The van der Waals surface area contributed by atoms with Crippen LogP contribution in [0.5, 0.6) is 0 Å². The molecular formula is C34H36BrN9O6. The smallest absolute Gasteiger partial charge is 0.405 e. The highest BCUT2D eigenvalue weighted by Crippen LogP contribution is 2.59. The van der Waals surface area contributed by atoms with Crippen molar-refractivity contribution in [2.75, 3.05) is 11.9 Å². The van der Waals surface area contributed by atoms with Crippen molar-refractivity contribution in [3.8, 4) is 11.1 Å². The van der Waals surface area contributed by atoms with Crippen LogP contribution in [0.1, 0.15) is 49.9 Å². The number of aromatic nitrogens is 5. The Labute approximate surface area is 295 Å². The highest BCUT2D eigenvalue weighted by atomic mass is 79.9. The minimum atomic E-state index is -1.31. The lowest BCUT2D eigenvalue weighted by atomic mass is 9.98. The van der Waals surface area contributed by atoms with Crippen LogP contribution in [-0.4, -0.2) is 89.0 Å². The third-order valence-electron chi connectivity index (χ3n) is 9.30. The van der Waals surface area contributed by atoms with Gasteiger partial charge in [-0.3, -0.25) is 23.9 Å². The summed E-state index contributed by atoms with van der Waals surface area (Å²) in [6, 6.07) is 8.32. The zero-order chi connectivity index (χ0) is 35.9. The zero-order valence-electron chi connectivity index (χ0n) is 27.8. The molecule has 6 rings (SSSR count). The van der Waals surface area contributed by atoms with Gasteiger partial charge in [-0.15, -0.1) is 0 Å². The van der Waals surface area contributed by atoms with Crippen molar-refractivity contribution in [1.82, 2.24) is 40.3 Å². The number of ketones is 1. The first-order valence-corrected chi connectivity index (χ1v) is 16.9. The quantitative estimate of drug-likeness (QED) is 0.130. The molecule has 0 spiro atoms. The fraction of sp³-hybridized carbons (Fsp3) is 0.382. The molecule has 1 aliphatic carbocycles. The lowest BCUT2D eigenvalue weighted by Crippen LogP contribution is -2.50. The Bertz CT molecular complexity index is 2020. The Morgan fingerprint density at radius 3 is 2.46 bits per heavy atom. The number of fused-ring (bicyclic) bond motifs is 2. The SMILES string of the molecule is CC(=O)c1nn(CC(=O)N2C3CC3(CNC(=O)C(NC(=O)O)C(C)C)C[C@H]2C(=O)Nc2cccc(Br)n2)c2ccc(-c3cnc(C)nc3)cc12. The van der Waals surface area contributed by atoms with Gasteiger partial charge < -0.3 is 26.0 Å². The molecule has 16 heteroatoms. The number of benzene rings is 1. The first-order chi connectivity index (χ1) is 23.8. The number of aryl methyl sites for hydroxylation is 1. The Morgan fingerprint density at radius 2 is 1.80 bits per heavy atom. The molecule has 0 radical (unpaired) electrons. The summed E-state index contributed by atoms with van der Waals surface area (Å²) in [7, 11) is 0. The zero-order valence-corrected chi connectivity index (χ0v) is 29.4. The van der Waals surface area contributed by atoms with Crippen LogP contribution < -0.4 is 16.0 Å². The van der Waals surface area contributed by atoms with Crippen LogP contribution in [0.4, 0.5) is 10.6 Å². The monoisotopic (exact) mass is 745 g/mol. The van der Waals surface area contributed by atoms with Crippen molar-refractivity contribution >= 4 is 62.2 Å². The minimum absolute atomic E-state index is 0.147. The maximum absolute atomic E-state index is 14.2. The molecule has 1 aliphatic heterocycles. The number of piperidine rings is 1. The van der Waals surface area contributed by atoms with E-state index in [-0.39, 0.29) is 48.9 Å². The predicted molar refractivity (Wildman–Crippen MR) is 185 cm³/mol. The number of rotatable bonds is 11. The largest absolute Gasteiger partial charge is 0.465 e. The predicted octanol–water partition coefficient (Wildman–Crippen LogP) is 3.57. The van der Waals surface area contributed by atoms with Crippen molar-refractivity contribution in [2.45, 2.75) is 65.2 Å². The summed E-state index contributed by atoms with van der Waals surface area (Å²) in [5, 5.41) is 22.3. The molecule has 4 atom stereocenters. The van der Waals surface area contributed by atoms with Crippen LogP contribution in [-0.2, 0) is 20.9 Å². The van der Waals surface area contributed by atoms with Gasteiger partial charge in [-0.25, -0.2) is 19.7 Å². The topological polar surface area (TPSA) is 201 Å². The molecule has 260 valence electrons. The molecule has 3 unspecified atom stereocenters. The highest BCUT2D eigenvalue weighted by molar-refractivity contribution is 9.10. The summed E-state index contributed by atoms with van der Waals surface area (Å²) in [5.74, 6) is -0.945. The molecule has 4 N–H and O–H groups in total. The number of Topliss-reactive ketones (excluding diaryl/α,β-unsaturated/α-hetero) is 1. The average Bonchev–Trinajstić information content (AvgIpc) is 3.48. The van der Waals surface area contributed by atoms with Crippen molar-refractivity contribution in [1.29, 1.82) is 0 Å². The van der Waals surface area contributed by atoms with E-state index in [1.807, 2.05) is 12.1 Å². The van der Waals surface area contributed by atoms with Crippen LogP contribution in [0.3, 0.4) is 0 Å². The van der Waals surface area contributed by atoms with Crippen LogP contribution in [0.15, 0.2) is 53.4 Å². The van der Waals surface area contributed by atoms with Crippen molar-refractivity contribution in [2.24, 2.45) is 11.3 Å². The number of nitrogens with zero attached hydrogens (tertiary/aromatic N) is 6. The van der Waals surface area contributed by atoms with Gasteiger partial charge in [0.15, 0.2) is 5.78 Å². The van der Waals surface area contributed by atoms with Gasteiger partial charge in [0, 0.05) is 48.3 Å². The molecule has 2 fully saturated rings. The van der Waals surface area contributed by atoms with Gasteiger partial charge in [0.1, 0.15) is 40.6 Å². The minimum Gasteiger partial charge on any atom is -0.465 e. The van der Waals surface area contributed by atoms with Gasteiger partial charge in [0.2, 0.25) is 17.7 Å². The number of pyridine rings is 1. The van der Waals surface area contributed by atoms with Gasteiger partial charge in [0.05, 0.1) is 5.52 Å². The molecule has 1 saturated carbocycles. The number of carbonyl (C=O) groups excluding carboxylic acids is 4. The molecule has 0 bridgehead atoms. The van der Waals surface area contributed by atoms with Crippen LogP contribution >= 0.6 is 15.9 Å². The molecule has 4 amide bonds. The van der Waals surface area contributed by atoms with E-state index in [1.54, 1.807) is 62.3 Å². The Kier molecular flexibility index (Phi) is 9.39. The summed E-state index contributed by atoms with van der Waals surface area (Å²) in [5.41, 5.74) is 1.73. The van der Waals surface area contributed by atoms with Crippen molar-refractivity contribution in [3.05, 3.63) is 64.9 Å².